The molecule has 0 aromatic carbocycles. The molecule has 0 aliphatic carbocycles. The number of nitrogens with zero attached hydrogens (tertiary/aromatic N) is 1. The number of rotatable bonds is 48. The van der Waals surface area contributed by atoms with Gasteiger partial charge in [0.2, 0.25) is 5.91 Å². The zero-order chi connectivity index (χ0) is 47.3. The molecule has 0 aliphatic rings. The molecule has 0 fully saturated rings. The summed E-state index contributed by atoms with van der Waals surface area (Å²) in [7, 11) is 1.18. The highest BCUT2D eigenvalue weighted by atomic mass is 31.2. The van der Waals surface area contributed by atoms with Gasteiger partial charge in [-0.05, 0) is 76.7 Å². The summed E-state index contributed by atoms with van der Waals surface area (Å²) < 4.78 is 30.1. The van der Waals surface area contributed by atoms with Gasteiger partial charge in [-0.1, -0.05) is 192 Å². The number of phosphoric ester groups is 1. The van der Waals surface area contributed by atoms with Crippen LogP contribution in [0.1, 0.15) is 245 Å². The molecule has 0 aromatic heterocycles. The number of hydrogen-bond donors (Lipinski definition) is 1. The van der Waals surface area contributed by atoms with Gasteiger partial charge in [0, 0.05) is 12.8 Å². The fraction of sp³-hybridized carbons (Fsp3) is 0.852. The van der Waals surface area contributed by atoms with E-state index in [4.69, 9.17) is 13.8 Å². The average molecular weight is 923 g/mol. The summed E-state index contributed by atoms with van der Waals surface area (Å²) in [6.45, 7) is 6.78. The Morgan fingerprint density at radius 2 is 0.922 bits per heavy atom. The molecule has 9 nitrogen and oxygen atoms in total. The molecule has 0 saturated carbocycles. The molecule has 0 spiro atoms. The van der Waals surface area contributed by atoms with Crippen molar-refractivity contribution in [3.05, 3.63) is 36.5 Å². The van der Waals surface area contributed by atoms with Crippen LogP contribution in [0.4, 0.5) is 0 Å². The van der Waals surface area contributed by atoms with E-state index in [0.29, 0.717) is 17.4 Å². The van der Waals surface area contributed by atoms with E-state index in [1.807, 2.05) is 33.3 Å². The molecular weight excluding hydrogens is 820 g/mol. The van der Waals surface area contributed by atoms with Crippen molar-refractivity contribution in [3.8, 4) is 0 Å². The van der Waals surface area contributed by atoms with E-state index < -0.39 is 26.6 Å². The minimum atomic E-state index is -4.69. The molecule has 376 valence electrons. The SMILES string of the molecule is CCCC/C=C\CCCCCCCC(=O)OC(/C=C\CCCCCCCCCCCC)C(COP(=O)([O-])OCC[N+](C)(C)C)NC(=O)CCCCCCCCC/C=C\CCCCCC. The van der Waals surface area contributed by atoms with Gasteiger partial charge in [-0.25, -0.2) is 0 Å². The third-order valence-corrected chi connectivity index (χ3v) is 12.8. The summed E-state index contributed by atoms with van der Waals surface area (Å²) in [4.78, 5) is 39.7. The van der Waals surface area contributed by atoms with E-state index in [-0.39, 0.29) is 24.9 Å². The van der Waals surface area contributed by atoms with Crippen molar-refractivity contribution in [3.63, 3.8) is 0 Å². The fourth-order valence-corrected chi connectivity index (χ4v) is 8.28. The van der Waals surface area contributed by atoms with Crippen LogP contribution in [-0.4, -0.2) is 69.4 Å². The monoisotopic (exact) mass is 923 g/mol. The van der Waals surface area contributed by atoms with Gasteiger partial charge in [-0.2, -0.15) is 0 Å². The van der Waals surface area contributed by atoms with E-state index in [2.05, 4.69) is 50.4 Å². The summed E-state index contributed by atoms with van der Waals surface area (Å²) in [5, 5.41) is 3.01. The molecule has 0 aromatic rings. The second kappa shape index (κ2) is 45.0. The standard InChI is InChI=1S/C54H103N2O7P/c1-7-10-13-16-19-22-25-27-28-29-32-34-37-40-43-46-53(57)55-51(50-62-64(59,60)61-49-48-56(4,5)6)52(45-42-39-36-33-31-26-23-20-17-14-11-8-2)63-54(58)47-44-41-38-35-30-24-21-18-15-12-9-3/h18,21-22,25,42,45,51-52H,7-17,19-20,23-24,26-41,43-44,46-50H2,1-6H3,(H-,55,57,59,60)/b21-18-,25-22-,45-42-. The molecule has 0 bridgehead atoms. The Hall–Kier alpha value is -1.77. The van der Waals surface area contributed by atoms with Gasteiger partial charge >= 0.3 is 5.97 Å². The molecule has 0 aliphatic heterocycles. The van der Waals surface area contributed by atoms with Gasteiger partial charge in [0.25, 0.3) is 7.82 Å². The van der Waals surface area contributed by atoms with Crippen LogP contribution >= 0.6 is 7.82 Å². The Kier molecular flexibility index (Phi) is 43.8. The maximum Gasteiger partial charge on any atom is 0.306 e. The molecule has 0 rings (SSSR count). The molecule has 1 amide bonds. The van der Waals surface area contributed by atoms with Crippen LogP contribution in [0.25, 0.3) is 0 Å². The Labute approximate surface area is 396 Å². The average Bonchev–Trinajstić information content (AvgIpc) is 3.25. The van der Waals surface area contributed by atoms with Crippen LogP contribution in [0.3, 0.4) is 0 Å². The quantitative estimate of drug-likeness (QED) is 0.0212. The van der Waals surface area contributed by atoms with E-state index in [1.165, 1.54) is 116 Å². The predicted octanol–water partition coefficient (Wildman–Crippen LogP) is 15.0. The molecule has 3 unspecified atom stereocenters. The number of carbonyl (C=O) groups excluding carboxylic acids is 2. The Balaban J connectivity index is 5.40. The number of likely N-dealkylation sites (N-methyl/N-ethyl adjacent to an activating group) is 1. The van der Waals surface area contributed by atoms with Crippen LogP contribution in [0.15, 0.2) is 36.5 Å². The lowest BCUT2D eigenvalue weighted by Gasteiger charge is -2.30. The van der Waals surface area contributed by atoms with Gasteiger partial charge in [0.05, 0.1) is 33.8 Å². The number of ether oxygens (including phenoxy) is 1. The maximum absolute atomic E-state index is 13.4. The van der Waals surface area contributed by atoms with E-state index in [1.54, 1.807) is 0 Å². The summed E-state index contributed by atoms with van der Waals surface area (Å²) in [6.07, 6.45) is 51.0. The second-order valence-electron chi connectivity index (χ2n) is 19.4. The smallest absolute Gasteiger partial charge is 0.306 e. The van der Waals surface area contributed by atoms with Crippen LogP contribution < -0.4 is 10.2 Å². The second-order valence-corrected chi connectivity index (χ2v) is 20.8. The lowest BCUT2D eigenvalue weighted by atomic mass is 10.0. The Morgan fingerprint density at radius 1 is 0.531 bits per heavy atom. The highest BCUT2D eigenvalue weighted by molar-refractivity contribution is 7.45. The maximum atomic E-state index is 13.4. The van der Waals surface area contributed by atoms with Crippen molar-refractivity contribution < 1.29 is 37.3 Å². The van der Waals surface area contributed by atoms with Gasteiger partial charge < -0.3 is 28.5 Å². The number of allylic oxidation sites excluding steroid dienone is 5. The van der Waals surface area contributed by atoms with Gasteiger partial charge in [0.15, 0.2) is 0 Å². The molecular formula is C54H103N2O7P. The largest absolute Gasteiger partial charge is 0.756 e. The first-order valence-corrected chi connectivity index (χ1v) is 28.3. The highest BCUT2D eigenvalue weighted by Crippen LogP contribution is 2.38. The first-order valence-electron chi connectivity index (χ1n) is 26.8. The number of nitrogens with one attached hydrogen (secondary N) is 1. The molecule has 64 heavy (non-hydrogen) atoms. The van der Waals surface area contributed by atoms with Crippen molar-refractivity contribution in [1.82, 2.24) is 5.32 Å². The summed E-state index contributed by atoms with van der Waals surface area (Å²) in [6, 6.07) is -0.888. The first-order chi connectivity index (χ1) is 30.9. The van der Waals surface area contributed by atoms with Crippen molar-refractivity contribution in [2.24, 2.45) is 0 Å². The molecule has 0 heterocycles. The Morgan fingerprint density at radius 3 is 1.39 bits per heavy atom. The van der Waals surface area contributed by atoms with E-state index >= 15 is 0 Å². The first kappa shape index (κ1) is 62.2. The van der Waals surface area contributed by atoms with Gasteiger partial charge in [0.1, 0.15) is 19.3 Å². The van der Waals surface area contributed by atoms with Crippen LogP contribution in [0.2, 0.25) is 0 Å². The number of phosphoric acid groups is 1. The third kappa shape index (κ3) is 45.4. The highest BCUT2D eigenvalue weighted by Gasteiger charge is 2.27. The number of carbonyl (C=O) groups is 2. The number of quaternary nitrogens is 1. The predicted molar refractivity (Wildman–Crippen MR) is 270 cm³/mol. The summed E-state index contributed by atoms with van der Waals surface area (Å²) in [5.41, 5.74) is 0. The van der Waals surface area contributed by atoms with Gasteiger partial charge in [-0.3, -0.25) is 14.2 Å². The van der Waals surface area contributed by atoms with Crippen LogP contribution in [0, 0.1) is 0 Å². The molecule has 10 heteroatoms. The van der Waals surface area contributed by atoms with E-state index in [9.17, 15) is 19.0 Å². The number of unbranched alkanes of at least 4 members (excludes halogenated alkanes) is 28. The normalized spacial score (nSPS) is 14.2. The van der Waals surface area contributed by atoms with Crippen molar-refractivity contribution in [1.29, 1.82) is 0 Å². The van der Waals surface area contributed by atoms with Crippen molar-refractivity contribution in [2.75, 3.05) is 40.9 Å². The molecule has 1 N–H and O–H groups in total. The minimum Gasteiger partial charge on any atom is -0.756 e. The lowest BCUT2D eigenvalue weighted by molar-refractivity contribution is -0.870. The van der Waals surface area contributed by atoms with E-state index in [0.717, 1.165) is 96.3 Å². The zero-order valence-electron chi connectivity index (χ0n) is 42.7. The fourth-order valence-electron chi connectivity index (χ4n) is 7.55. The number of hydrogen-bond acceptors (Lipinski definition) is 7. The number of amides is 1. The van der Waals surface area contributed by atoms with Gasteiger partial charge in [-0.15, -0.1) is 0 Å². The zero-order valence-corrected chi connectivity index (χ0v) is 43.6. The Bertz CT molecular complexity index is 1200. The van der Waals surface area contributed by atoms with Crippen LogP contribution in [-0.2, 0) is 27.9 Å². The molecule has 3 atom stereocenters. The van der Waals surface area contributed by atoms with Crippen LogP contribution in [0.5, 0.6) is 0 Å². The van der Waals surface area contributed by atoms with Crippen molar-refractivity contribution >= 4 is 19.7 Å². The lowest BCUT2D eigenvalue weighted by Crippen LogP contribution is -2.47. The molecule has 0 radical (unpaired) electrons. The molecule has 0 saturated heterocycles. The summed E-state index contributed by atoms with van der Waals surface area (Å²) in [5.74, 6) is -0.555. The topological polar surface area (TPSA) is 114 Å². The number of esters is 1. The third-order valence-electron chi connectivity index (χ3n) is 11.8. The minimum absolute atomic E-state index is 0.0234. The van der Waals surface area contributed by atoms with Crippen molar-refractivity contribution in [2.45, 2.75) is 258 Å². The summed E-state index contributed by atoms with van der Waals surface area (Å²) >= 11 is 0.